The van der Waals surface area contributed by atoms with E-state index in [1.807, 2.05) is 47.7 Å². The lowest BCUT2D eigenvalue weighted by atomic mass is 10.0. The molecule has 11 aromatic rings. The molecule has 0 bridgehead atoms. The fourth-order valence-corrected chi connectivity index (χ4v) is 9.15. The average Bonchev–Trinajstić information content (AvgIpc) is 3.82. The number of hydrogen-bond acceptors (Lipinski definition) is 5. The van der Waals surface area contributed by atoms with Crippen LogP contribution in [0.25, 0.3) is 104 Å². The highest BCUT2D eigenvalue weighted by atomic mass is 32.1. The number of nitrogens with zero attached hydrogens (tertiary/aromatic N) is 5. The third kappa shape index (κ3) is 5.38. The topological polar surface area (TPSA) is 56.5 Å². The normalized spacial score (nSPS) is 11.6. The van der Waals surface area contributed by atoms with Crippen molar-refractivity contribution < 1.29 is 0 Å². The molecular formula is C50H31N5S. The van der Waals surface area contributed by atoms with Crippen molar-refractivity contribution in [3.8, 4) is 62.2 Å². The first-order valence-electron chi connectivity index (χ1n) is 18.6. The molecule has 0 N–H and O–H groups in total. The highest BCUT2D eigenvalue weighted by Crippen LogP contribution is 2.47. The Kier molecular flexibility index (Phi) is 7.60. The van der Waals surface area contributed by atoms with Crippen LogP contribution in [-0.2, 0) is 0 Å². The van der Waals surface area contributed by atoms with Gasteiger partial charge in [0.1, 0.15) is 0 Å². The maximum atomic E-state index is 5.33. The second-order valence-electron chi connectivity index (χ2n) is 13.8. The Labute approximate surface area is 326 Å². The first-order chi connectivity index (χ1) is 27.8. The molecule has 56 heavy (non-hydrogen) atoms. The van der Waals surface area contributed by atoms with Gasteiger partial charge in [-0.1, -0.05) is 164 Å². The molecule has 0 unspecified atom stereocenters. The molecule has 11 rings (SSSR count). The molecule has 4 heterocycles. The molecule has 0 fully saturated rings. The van der Waals surface area contributed by atoms with Crippen LogP contribution in [-0.4, -0.2) is 24.5 Å². The van der Waals surface area contributed by atoms with Gasteiger partial charge in [-0.05, 0) is 35.4 Å². The lowest BCUT2D eigenvalue weighted by Crippen LogP contribution is -2.01. The second-order valence-corrected chi connectivity index (χ2v) is 14.9. The summed E-state index contributed by atoms with van der Waals surface area (Å²) in [6, 6.07) is 65.3. The number of pyridine rings is 1. The monoisotopic (exact) mass is 733 g/mol. The molecule has 4 aromatic heterocycles. The summed E-state index contributed by atoms with van der Waals surface area (Å²) < 4.78 is 4.88. The Balaban J connectivity index is 1.13. The van der Waals surface area contributed by atoms with Gasteiger partial charge in [0.15, 0.2) is 17.5 Å². The van der Waals surface area contributed by atoms with Crippen LogP contribution >= 0.6 is 11.3 Å². The molecule has 5 nitrogen and oxygen atoms in total. The minimum atomic E-state index is 0.614. The number of aromatic nitrogens is 5. The van der Waals surface area contributed by atoms with Gasteiger partial charge >= 0.3 is 0 Å². The van der Waals surface area contributed by atoms with Crippen LogP contribution in [0.2, 0.25) is 0 Å². The molecular weight excluding hydrogens is 703 g/mol. The summed E-state index contributed by atoms with van der Waals surface area (Å²) >= 11 is 1.85. The first-order valence-corrected chi connectivity index (χ1v) is 19.5. The number of para-hydroxylation sites is 2. The molecule has 0 saturated heterocycles. The summed E-state index contributed by atoms with van der Waals surface area (Å²) in [5, 5.41) is 3.53. The van der Waals surface area contributed by atoms with Gasteiger partial charge < -0.3 is 4.57 Å². The van der Waals surface area contributed by atoms with E-state index in [2.05, 4.69) is 156 Å². The Morgan fingerprint density at radius 1 is 0.375 bits per heavy atom. The molecule has 0 saturated carbocycles. The van der Waals surface area contributed by atoms with Crippen LogP contribution in [0.5, 0.6) is 0 Å². The molecule has 0 amide bonds. The molecule has 6 heteroatoms. The highest BCUT2D eigenvalue weighted by molar-refractivity contribution is 7.27. The van der Waals surface area contributed by atoms with Crippen molar-refractivity contribution in [3.63, 3.8) is 0 Å². The van der Waals surface area contributed by atoms with Gasteiger partial charge in [-0.25, -0.2) is 19.9 Å². The molecule has 7 aromatic carbocycles. The van der Waals surface area contributed by atoms with E-state index in [0.717, 1.165) is 66.5 Å². The van der Waals surface area contributed by atoms with Crippen molar-refractivity contribution in [2.75, 3.05) is 0 Å². The second kappa shape index (κ2) is 13.2. The number of thiophene rings is 1. The van der Waals surface area contributed by atoms with E-state index in [4.69, 9.17) is 19.9 Å². The zero-order valence-corrected chi connectivity index (χ0v) is 30.9. The Bertz CT molecular complexity index is 3230. The van der Waals surface area contributed by atoms with Gasteiger partial charge in [0.2, 0.25) is 0 Å². The number of hydrogen-bond donors (Lipinski definition) is 0. The molecule has 0 radical (unpaired) electrons. The maximum Gasteiger partial charge on any atom is 0.164 e. The van der Waals surface area contributed by atoms with E-state index in [1.54, 1.807) is 0 Å². The van der Waals surface area contributed by atoms with Gasteiger partial charge in [-0.3, -0.25) is 0 Å². The van der Waals surface area contributed by atoms with E-state index in [9.17, 15) is 0 Å². The van der Waals surface area contributed by atoms with E-state index in [0.29, 0.717) is 17.5 Å². The fraction of sp³-hybridized carbons (Fsp3) is 0. The smallest absolute Gasteiger partial charge is 0.164 e. The number of rotatable bonds is 6. The van der Waals surface area contributed by atoms with Gasteiger partial charge in [0.05, 0.1) is 26.9 Å². The third-order valence-electron chi connectivity index (χ3n) is 10.4. The van der Waals surface area contributed by atoms with Crippen LogP contribution in [0, 0.1) is 0 Å². The lowest BCUT2D eigenvalue weighted by Gasteiger charge is -2.13. The summed E-state index contributed by atoms with van der Waals surface area (Å²) in [6.07, 6.45) is 0. The first kappa shape index (κ1) is 32.2. The van der Waals surface area contributed by atoms with Crippen LogP contribution in [0.15, 0.2) is 188 Å². The summed E-state index contributed by atoms with van der Waals surface area (Å²) in [6.45, 7) is 0. The molecule has 0 aliphatic heterocycles. The van der Waals surface area contributed by atoms with Gasteiger partial charge in [-0.15, -0.1) is 11.3 Å². The third-order valence-corrected chi connectivity index (χ3v) is 11.7. The van der Waals surface area contributed by atoms with Crippen molar-refractivity contribution in [3.05, 3.63) is 188 Å². The van der Waals surface area contributed by atoms with E-state index in [1.165, 1.54) is 20.3 Å². The SMILES string of the molecule is c1ccc(-c2ccc(-c3nc(-c4ccccc4)nc(-c4cccc(-n5c6ccccc6c6sc7c8ccccc8nc(-c8ccccc8)c7c65)c4)n3)cc2)cc1. The lowest BCUT2D eigenvalue weighted by molar-refractivity contribution is 1.07. The van der Waals surface area contributed by atoms with Crippen molar-refractivity contribution in [2.24, 2.45) is 0 Å². The van der Waals surface area contributed by atoms with Crippen molar-refractivity contribution >= 4 is 53.4 Å². The summed E-state index contributed by atoms with van der Waals surface area (Å²) in [5.41, 5.74) is 11.5. The van der Waals surface area contributed by atoms with Crippen molar-refractivity contribution in [2.45, 2.75) is 0 Å². The molecule has 0 spiro atoms. The number of benzene rings is 7. The summed E-state index contributed by atoms with van der Waals surface area (Å²) in [4.78, 5) is 20.6. The zero-order valence-electron chi connectivity index (χ0n) is 30.0. The maximum absolute atomic E-state index is 5.33. The largest absolute Gasteiger partial charge is 0.308 e. The Morgan fingerprint density at radius 3 is 1.61 bits per heavy atom. The quantitative estimate of drug-likeness (QED) is 0.171. The van der Waals surface area contributed by atoms with E-state index < -0.39 is 0 Å². The zero-order chi connectivity index (χ0) is 37.0. The van der Waals surface area contributed by atoms with Crippen LogP contribution in [0.4, 0.5) is 0 Å². The molecule has 0 atom stereocenters. The van der Waals surface area contributed by atoms with Crippen LogP contribution in [0.1, 0.15) is 0 Å². The fourth-order valence-electron chi connectivity index (χ4n) is 7.80. The van der Waals surface area contributed by atoms with Gasteiger partial charge in [0, 0.05) is 48.8 Å². The Morgan fingerprint density at radius 2 is 0.893 bits per heavy atom. The van der Waals surface area contributed by atoms with Gasteiger partial charge in [-0.2, -0.15) is 0 Å². The number of fused-ring (bicyclic) bond motifs is 7. The average molecular weight is 734 g/mol. The summed E-state index contributed by atoms with van der Waals surface area (Å²) in [5.74, 6) is 1.87. The van der Waals surface area contributed by atoms with Crippen LogP contribution < -0.4 is 0 Å². The molecule has 0 aliphatic rings. The standard InChI is InChI=1S/C50H31N5S/c1-4-15-32(16-5-1)33-27-29-36(30-28-33)49-52-48(35-19-8-3-9-20-35)53-50(54-49)37-21-14-22-38(31-37)55-42-26-13-11-24-40(42)47-45(55)43-44(34-17-6-2-7-18-34)51-41-25-12-10-23-39(41)46(43)56-47/h1-31H. The molecule has 262 valence electrons. The van der Waals surface area contributed by atoms with Crippen molar-refractivity contribution in [1.82, 2.24) is 24.5 Å². The van der Waals surface area contributed by atoms with E-state index >= 15 is 0 Å². The molecule has 0 aliphatic carbocycles. The predicted molar refractivity (Wildman–Crippen MR) is 232 cm³/mol. The minimum Gasteiger partial charge on any atom is -0.308 e. The van der Waals surface area contributed by atoms with Crippen LogP contribution in [0.3, 0.4) is 0 Å². The van der Waals surface area contributed by atoms with Gasteiger partial charge in [0.25, 0.3) is 0 Å². The van der Waals surface area contributed by atoms with E-state index in [-0.39, 0.29) is 0 Å². The van der Waals surface area contributed by atoms with Crippen molar-refractivity contribution in [1.29, 1.82) is 0 Å². The minimum absolute atomic E-state index is 0.614. The summed E-state index contributed by atoms with van der Waals surface area (Å²) in [7, 11) is 0. The predicted octanol–water partition coefficient (Wildman–Crippen LogP) is 13.1. The highest BCUT2D eigenvalue weighted by Gasteiger charge is 2.23. The Hall–Kier alpha value is -7.28.